The largest absolute Gasteiger partial charge is 0.343 e. The average molecular weight is 446 g/mol. The molecule has 1 spiro atoms. The minimum atomic E-state index is -0.862. The van der Waals surface area contributed by atoms with Crippen LogP contribution in [0.25, 0.3) is 0 Å². The second kappa shape index (κ2) is 8.40. The summed E-state index contributed by atoms with van der Waals surface area (Å²) in [6.45, 7) is 1.70. The molecule has 1 aromatic carbocycles. The van der Waals surface area contributed by atoms with E-state index in [2.05, 4.69) is 10.6 Å². The molecule has 3 unspecified atom stereocenters. The van der Waals surface area contributed by atoms with Crippen LogP contribution in [0.4, 0.5) is 4.79 Å². The molecule has 0 radical (unpaired) electrons. The fourth-order valence-corrected chi connectivity index (χ4v) is 5.35. The van der Waals surface area contributed by atoms with Gasteiger partial charge in [0, 0.05) is 9.90 Å². The molecule has 4 amide bonds. The molecule has 1 saturated carbocycles. The van der Waals surface area contributed by atoms with Gasteiger partial charge in [-0.1, -0.05) is 49.6 Å². The highest BCUT2D eigenvalue weighted by molar-refractivity contribution is 7.10. The molecular weight excluding hydrogens is 422 g/mol. The maximum atomic E-state index is 13.1. The first-order chi connectivity index (χ1) is 14.4. The van der Waals surface area contributed by atoms with E-state index in [1.807, 2.05) is 36.6 Å². The van der Waals surface area contributed by atoms with Crippen LogP contribution in [0.5, 0.6) is 0 Å². The minimum Gasteiger partial charge on any atom is -0.343 e. The predicted molar refractivity (Wildman–Crippen MR) is 116 cm³/mol. The molecule has 8 heteroatoms. The number of carbonyl (C=O) groups excluding carboxylic acids is 3. The van der Waals surface area contributed by atoms with Gasteiger partial charge >= 0.3 is 6.03 Å². The smallest absolute Gasteiger partial charge is 0.325 e. The number of hydrogen-bond acceptors (Lipinski definition) is 4. The van der Waals surface area contributed by atoms with E-state index < -0.39 is 11.6 Å². The number of carbonyl (C=O) groups is 3. The average Bonchev–Trinajstić information content (AvgIpc) is 3.33. The molecule has 0 bridgehead atoms. The number of benzene rings is 1. The molecule has 1 aliphatic carbocycles. The molecule has 3 atom stereocenters. The van der Waals surface area contributed by atoms with Gasteiger partial charge in [-0.3, -0.25) is 14.5 Å². The van der Waals surface area contributed by atoms with Crippen molar-refractivity contribution in [1.29, 1.82) is 0 Å². The number of halogens is 1. The zero-order chi connectivity index (χ0) is 21.3. The summed E-state index contributed by atoms with van der Waals surface area (Å²) in [6.07, 6.45) is 3.46. The molecule has 1 aliphatic heterocycles. The van der Waals surface area contributed by atoms with E-state index in [1.165, 1.54) is 11.3 Å². The van der Waals surface area contributed by atoms with Crippen LogP contribution in [0, 0.1) is 5.92 Å². The van der Waals surface area contributed by atoms with Gasteiger partial charge in [0.2, 0.25) is 5.91 Å². The third-order valence-corrected chi connectivity index (χ3v) is 7.33. The van der Waals surface area contributed by atoms with E-state index in [4.69, 9.17) is 11.6 Å². The number of hydrogen-bond donors (Lipinski definition) is 2. The van der Waals surface area contributed by atoms with Crippen molar-refractivity contribution in [1.82, 2.24) is 15.5 Å². The summed E-state index contributed by atoms with van der Waals surface area (Å²) in [5.41, 5.74) is 0.0173. The van der Waals surface area contributed by atoms with Crippen molar-refractivity contribution in [3.63, 3.8) is 0 Å². The SMILES string of the molecule is CC1CCCCC12NC(=O)N(CC(=O)NC(c1ccc(Cl)cc1)c1cccs1)C2=O. The lowest BCUT2D eigenvalue weighted by atomic mass is 9.73. The quantitative estimate of drug-likeness (QED) is 0.680. The summed E-state index contributed by atoms with van der Waals surface area (Å²) in [5, 5.41) is 8.42. The predicted octanol–water partition coefficient (Wildman–Crippen LogP) is 4.11. The number of thiophene rings is 1. The van der Waals surface area contributed by atoms with Crippen molar-refractivity contribution in [2.75, 3.05) is 6.54 Å². The van der Waals surface area contributed by atoms with Crippen molar-refractivity contribution in [2.45, 2.75) is 44.2 Å². The Bertz CT molecular complexity index is 947. The fraction of sp³-hybridized carbons (Fsp3) is 0.409. The number of nitrogens with zero attached hydrogens (tertiary/aromatic N) is 1. The third kappa shape index (κ3) is 3.84. The molecule has 1 aromatic heterocycles. The highest BCUT2D eigenvalue weighted by Gasteiger charge is 2.55. The molecule has 2 fully saturated rings. The van der Waals surface area contributed by atoms with E-state index in [-0.39, 0.29) is 30.3 Å². The lowest BCUT2D eigenvalue weighted by molar-refractivity contribution is -0.137. The number of amides is 4. The van der Waals surface area contributed by atoms with Gasteiger partial charge in [-0.15, -0.1) is 11.3 Å². The Kier molecular flexibility index (Phi) is 5.84. The molecule has 30 heavy (non-hydrogen) atoms. The molecule has 6 nitrogen and oxygen atoms in total. The van der Waals surface area contributed by atoms with Crippen molar-refractivity contribution < 1.29 is 14.4 Å². The number of nitrogens with one attached hydrogen (secondary N) is 2. The Morgan fingerprint density at radius 1 is 1.30 bits per heavy atom. The fourth-order valence-electron chi connectivity index (χ4n) is 4.42. The molecule has 2 aromatic rings. The Morgan fingerprint density at radius 3 is 2.73 bits per heavy atom. The van der Waals surface area contributed by atoms with E-state index >= 15 is 0 Å². The second-order valence-corrected chi connectivity index (χ2v) is 9.42. The van der Waals surface area contributed by atoms with E-state index in [1.54, 1.807) is 12.1 Å². The van der Waals surface area contributed by atoms with Gasteiger partial charge in [0.1, 0.15) is 12.1 Å². The van der Waals surface area contributed by atoms with Crippen LogP contribution in [0.2, 0.25) is 5.02 Å². The summed E-state index contributed by atoms with van der Waals surface area (Å²) in [7, 11) is 0. The monoisotopic (exact) mass is 445 g/mol. The zero-order valence-corrected chi connectivity index (χ0v) is 18.3. The Labute approximate surface area is 184 Å². The van der Waals surface area contributed by atoms with Gasteiger partial charge in [-0.05, 0) is 47.9 Å². The maximum Gasteiger partial charge on any atom is 0.325 e. The van der Waals surface area contributed by atoms with Gasteiger partial charge < -0.3 is 10.6 Å². The van der Waals surface area contributed by atoms with Crippen LogP contribution >= 0.6 is 22.9 Å². The van der Waals surface area contributed by atoms with Crippen LogP contribution in [0.15, 0.2) is 41.8 Å². The molecule has 158 valence electrons. The van der Waals surface area contributed by atoms with Crippen LogP contribution in [-0.4, -0.2) is 34.8 Å². The van der Waals surface area contributed by atoms with Gasteiger partial charge in [0.15, 0.2) is 0 Å². The Morgan fingerprint density at radius 2 is 2.07 bits per heavy atom. The van der Waals surface area contributed by atoms with Gasteiger partial charge in [0.25, 0.3) is 5.91 Å². The molecule has 4 rings (SSSR count). The Balaban J connectivity index is 1.50. The first-order valence-corrected chi connectivity index (χ1v) is 11.4. The topological polar surface area (TPSA) is 78.5 Å². The zero-order valence-electron chi connectivity index (χ0n) is 16.7. The second-order valence-electron chi connectivity index (χ2n) is 8.01. The normalized spacial score (nSPS) is 24.7. The van der Waals surface area contributed by atoms with Gasteiger partial charge in [-0.2, -0.15) is 0 Å². The standard InChI is InChI=1S/C22H24ClN3O3S/c1-14-5-2-3-11-22(14)20(28)26(21(29)25-22)13-18(27)24-19(17-6-4-12-30-17)15-7-9-16(23)10-8-15/h4,6-10,12,14,19H,2-3,5,11,13H2,1H3,(H,24,27)(H,25,29). The molecular formula is C22H24ClN3O3S. The summed E-state index contributed by atoms with van der Waals surface area (Å²) in [6, 6.07) is 10.3. The molecule has 2 heterocycles. The van der Waals surface area contributed by atoms with Crippen molar-refractivity contribution in [2.24, 2.45) is 5.92 Å². The molecule has 2 N–H and O–H groups in total. The van der Waals surface area contributed by atoms with Crippen molar-refractivity contribution in [3.05, 3.63) is 57.2 Å². The minimum absolute atomic E-state index is 0.0590. The summed E-state index contributed by atoms with van der Waals surface area (Å²) in [5.74, 6) is -0.606. The highest BCUT2D eigenvalue weighted by Crippen LogP contribution is 2.38. The van der Waals surface area contributed by atoms with Crippen molar-refractivity contribution >= 4 is 40.8 Å². The van der Waals surface area contributed by atoms with Crippen molar-refractivity contribution in [3.8, 4) is 0 Å². The first-order valence-electron chi connectivity index (χ1n) is 10.1. The summed E-state index contributed by atoms with van der Waals surface area (Å²) < 4.78 is 0. The van der Waals surface area contributed by atoms with Crippen LogP contribution < -0.4 is 10.6 Å². The lowest BCUT2D eigenvalue weighted by Crippen LogP contribution is -2.54. The first kappa shape index (κ1) is 20.9. The van der Waals surface area contributed by atoms with E-state index in [0.717, 1.165) is 34.6 Å². The summed E-state index contributed by atoms with van der Waals surface area (Å²) in [4.78, 5) is 40.6. The third-order valence-electron chi connectivity index (χ3n) is 6.14. The molecule has 2 aliphatic rings. The maximum absolute atomic E-state index is 13.1. The number of rotatable bonds is 5. The van der Waals surface area contributed by atoms with Gasteiger partial charge in [0.05, 0.1) is 6.04 Å². The molecule has 1 saturated heterocycles. The van der Waals surface area contributed by atoms with Gasteiger partial charge in [-0.25, -0.2) is 4.79 Å². The van der Waals surface area contributed by atoms with E-state index in [9.17, 15) is 14.4 Å². The number of urea groups is 1. The lowest BCUT2D eigenvalue weighted by Gasteiger charge is -2.36. The van der Waals surface area contributed by atoms with Crippen LogP contribution in [0.3, 0.4) is 0 Å². The summed E-state index contributed by atoms with van der Waals surface area (Å²) >= 11 is 7.53. The van der Waals surface area contributed by atoms with Crippen LogP contribution in [-0.2, 0) is 9.59 Å². The Hall–Kier alpha value is -2.38. The van der Waals surface area contributed by atoms with Crippen LogP contribution in [0.1, 0.15) is 49.1 Å². The number of imide groups is 1. The van der Waals surface area contributed by atoms with E-state index in [0.29, 0.717) is 11.4 Å². The highest BCUT2D eigenvalue weighted by atomic mass is 35.5.